The van der Waals surface area contributed by atoms with E-state index in [-0.39, 0.29) is 18.0 Å². The lowest BCUT2D eigenvalue weighted by Gasteiger charge is -2.20. The summed E-state index contributed by atoms with van der Waals surface area (Å²) in [6, 6.07) is 9.75. The van der Waals surface area contributed by atoms with E-state index >= 15 is 0 Å². The third-order valence-corrected chi connectivity index (χ3v) is 5.05. The lowest BCUT2D eigenvalue weighted by atomic mass is 9.98. The average molecular weight is 343 g/mol. The minimum absolute atomic E-state index is 0.0616. The first-order chi connectivity index (χ1) is 11.6. The molecule has 0 aliphatic carbocycles. The van der Waals surface area contributed by atoms with Crippen LogP contribution in [0.3, 0.4) is 0 Å². The molecular formula is C18H21N3O2S. The molecule has 3 N–H and O–H groups in total. The Bertz CT molecular complexity index is 728. The van der Waals surface area contributed by atoms with E-state index in [1.165, 1.54) is 4.88 Å². The Kier molecular flexibility index (Phi) is 5.15. The number of carbonyl (C=O) groups is 2. The molecule has 1 atom stereocenters. The third-order valence-electron chi connectivity index (χ3n) is 4.11. The summed E-state index contributed by atoms with van der Waals surface area (Å²) < 4.78 is 0. The number of carbonyl (C=O) groups excluding carboxylic acids is 2. The molecule has 2 aromatic rings. The van der Waals surface area contributed by atoms with E-state index in [1.54, 1.807) is 11.3 Å². The van der Waals surface area contributed by atoms with Crippen molar-refractivity contribution in [2.75, 3.05) is 11.9 Å². The molecule has 0 saturated heterocycles. The van der Waals surface area contributed by atoms with Crippen LogP contribution in [0.25, 0.3) is 0 Å². The van der Waals surface area contributed by atoms with Crippen LogP contribution in [0.1, 0.15) is 35.4 Å². The van der Waals surface area contributed by atoms with Crippen LogP contribution in [0.15, 0.2) is 35.7 Å². The topological polar surface area (TPSA) is 70.2 Å². The number of fused-ring (bicyclic) bond motifs is 1. The minimum Gasteiger partial charge on any atom is -0.338 e. The molecule has 1 aliphatic heterocycles. The summed E-state index contributed by atoms with van der Waals surface area (Å²) in [6.07, 6.45) is 2.11. The number of thiophene rings is 1. The molecular weight excluding hydrogens is 322 g/mol. The van der Waals surface area contributed by atoms with Crippen LogP contribution in [-0.4, -0.2) is 18.5 Å². The van der Waals surface area contributed by atoms with Crippen LogP contribution in [0.2, 0.25) is 0 Å². The maximum Gasteiger partial charge on any atom is 0.315 e. The number of hydrogen-bond acceptors (Lipinski definition) is 3. The fraction of sp³-hybridized carbons (Fsp3) is 0.333. The zero-order chi connectivity index (χ0) is 16.9. The molecule has 0 saturated carbocycles. The number of benzene rings is 1. The Morgan fingerprint density at radius 2 is 2.21 bits per heavy atom. The van der Waals surface area contributed by atoms with E-state index in [0.717, 1.165) is 29.7 Å². The minimum atomic E-state index is -0.162. The van der Waals surface area contributed by atoms with Gasteiger partial charge in [0.1, 0.15) is 0 Å². The molecule has 5 nitrogen and oxygen atoms in total. The molecule has 1 aromatic carbocycles. The van der Waals surface area contributed by atoms with Crippen LogP contribution in [0, 0.1) is 0 Å². The molecule has 3 amide bonds. The average Bonchev–Trinajstić information content (AvgIpc) is 3.07. The largest absolute Gasteiger partial charge is 0.338 e. The number of urea groups is 1. The van der Waals surface area contributed by atoms with E-state index in [9.17, 15) is 9.59 Å². The summed E-state index contributed by atoms with van der Waals surface area (Å²) in [7, 11) is 0. The monoisotopic (exact) mass is 343 g/mol. The number of nitrogens with one attached hydrogen (secondary N) is 3. The van der Waals surface area contributed by atoms with Gasteiger partial charge < -0.3 is 16.0 Å². The summed E-state index contributed by atoms with van der Waals surface area (Å²) in [4.78, 5) is 24.7. The Balaban J connectivity index is 1.51. The van der Waals surface area contributed by atoms with Crippen LogP contribution in [0.4, 0.5) is 10.5 Å². The number of anilines is 1. The van der Waals surface area contributed by atoms with Crippen molar-refractivity contribution in [3.05, 3.63) is 51.7 Å². The zero-order valence-electron chi connectivity index (χ0n) is 13.6. The maximum absolute atomic E-state index is 12.0. The lowest BCUT2D eigenvalue weighted by molar-refractivity contribution is -0.116. The molecule has 2 heterocycles. The van der Waals surface area contributed by atoms with Crippen molar-refractivity contribution in [3.63, 3.8) is 0 Å². The molecule has 1 unspecified atom stereocenters. The van der Waals surface area contributed by atoms with Gasteiger partial charge in [-0.25, -0.2) is 4.79 Å². The van der Waals surface area contributed by atoms with Gasteiger partial charge in [0.15, 0.2) is 0 Å². The fourth-order valence-corrected chi connectivity index (χ4v) is 3.47. The molecule has 24 heavy (non-hydrogen) atoms. The second-order valence-corrected chi connectivity index (χ2v) is 6.95. The van der Waals surface area contributed by atoms with Crippen molar-refractivity contribution >= 4 is 29.0 Å². The van der Waals surface area contributed by atoms with Gasteiger partial charge in [-0.05, 0) is 48.4 Å². The van der Waals surface area contributed by atoms with Gasteiger partial charge >= 0.3 is 6.03 Å². The Hall–Kier alpha value is -2.34. The highest BCUT2D eigenvalue weighted by molar-refractivity contribution is 7.09. The van der Waals surface area contributed by atoms with Crippen molar-refractivity contribution in [2.24, 2.45) is 0 Å². The highest BCUT2D eigenvalue weighted by Gasteiger charge is 2.17. The van der Waals surface area contributed by atoms with Gasteiger partial charge in [0, 0.05) is 23.5 Å². The third kappa shape index (κ3) is 4.14. The van der Waals surface area contributed by atoms with Crippen LogP contribution in [0.5, 0.6) is 0 Å². The molecule has 0 spiro atoms. The Morgan fingerprint density at radius 1 is 1.33 bits per heavy atom. The smallest absolute Gasteiger partial charge is 0.315 e. The first-order valence-corrected chi connectivity index (χ1v) is 8.99. The van der Waals surface area contributed by atoms with Gasteiger partial charge in [0.25, 0.3) is 0 Å². The van der Waals surface area contributed by atoms with Gasteiger partial charge in [0.05, 0.1) is 6.04 Å². The molecule has 0 bridgehead atoms. The Labute approximate surface area is 145 Å². The quantitative estimate of drug-likeness (QED) is 0.780. The Morgan fingerprint density at radius 3 is 3.00 bits per heavy atom. The second-order valence-electron chi connectivity index (χ2n) is 5.92. The summed E-state index contributed by atoms with van der Waals surface area (Å²) in [6.45, 7) is 2.58. The normalized spacial score (nSPS) is 14.5. The predicted molar refractivity (Wildman–Crippen MR) is 96.4 cm³/mol. The van der Waals surface area contributed by atoms with Gasteiger partial charge in [-0.1, -0.05) is 18.2 Å². The zero-order valence-corrected chi connectivity index (χ0v) is 14.4. The number of rotatable bonds is 5. The molecule has 6 heteroatoms. The van der Waals surface area contributed by atoms with Crippen molar-refractivity contribution < 1.29 is 9.59 Å². The summed E-state index contributed by atoms with van der Waals surface area (Å²) >= 11 is 1.70. The van der Waals surface area contributed by atoms with Gasteiger partial charge in [-0.2, -0.15) is 0 Å². The van der Waals surface area contributed by atoms with Crippen LogP contribution >= 0.6 is 11.3 Å². The predicted octanol–water partition coefficient (Wildman–Crippen LogP) is 3.24. The summed E-state index contributed by atoms with van der Waals surface area (Å²) in [5, 5.41) is 10.8. The van der Waals surface area contributed by atoms with Gasteiger partial charge in [0.2, 0.25) is 5.91 Å². The van der Waals surface area contributed by atoms with E-state index < -0.39 is 0 Å². The van der Waals surface area contributed by atoms with Gasteiger partial charge in [-0.3, -0.25) is 4.79 Å². The molecule has 1 aromatic heterocycles. The molecule has 0 radical (unpaired) electrons. The first kappa shape index (κ1) is 16.5. The summed E-state index contributed by atoms with van der Waals surface area (Å²) in [5.41, 5.74) is 3.04. The molecule has 1 aliphatic rings. The van der Waals surface area contributed by atoms with E-state index in [2.05, 4.69) is 28.1 Å². The number of hydrogen-bond donors (Lipinski definition) is 3. The maximum atomic E-state index is 12.0. The highest BCUT2D eigenvalue weighted by atomic mass is 32.1. The van der Waals surface area contributed by atoms with Crippen LogP contribution < -0.4 is 16.0 Å². The number of amides is 3. The van der Waals surface area contributed by atoms with E-state index in [4.69, 9.17) is 0 Å². The highest BCUT2D eigenvalue weighted by Crippen LogP contribution is 2.26. The molecule has 0 fully saturated rings. The fourth-order valence-electron chi connectivity index (χ4n) is 2.76. The van der Waals surface area contributed by atoms with Crippen molar-refractivity contribution in [2.45, 2.75) is 32.2 Å². The van der Waals surface area contributed by atoms with E-state index in [1.807, 2.05) is 30.5 Å². The first-order valence-electron chi connectivity index (χ1n) is 8.11. The SMILES string of the molecule is CC(NC(=O)NCCc1cccs1)c1ccc2c(c1)CCC(=O)N2. The number of aryl methyl sites for hydroxylation is 1. The van der Waals surface area contributed by atoms with Crippen molar-refractivity contribution in [3.8, 4) is 0 Å². The van der Waals surface area contributed by atoms with Crippen molar-refractivity contribution in [1.82, 2.24) is 10.6 Å². The van der Waals surface area contributed by atoms with Gasteiger partial charge in [-0.15, -0.1) is 11.3 Å². The van der Waals surface area contributed by atoms with Crippen LogP contribution in [-0.2, 0) is 17.6 Å². The standard InChI is InChI=1S/C18H21N3O2S/c1-12(20-18(23)19-9-8-15-3-2-10-24-15)13-4-6-16-14(11-13)5-7-17(22)21-16/h2-4,6,10-12H,5,7-9H2,1H3,(H,21,22)(H2,19,20,23). The lowest BCUT2D eigenvalue weighted by Crippen LogP contribution is -2.38. The summed E-state index contributed by atoms with van der Waals surface area (Å²) in [5.74, 6) is 0.0616. The molecule has 126 valence electrons. The molecule has 3 rings (SSSR count). The second kappa shape index (κ2) is 7.49. The van der Waals surface area contributed by atoms with E-state index in [0.29, 0.717) is 13.0 Å². The van der Waals surface area contributed by atoms with Crippen molar-refractivity contribution in [1.29, 1.82) is 0 Å².